The Labute approximate surface area is 54.3 Å². The Kier molecular flexibility index (Phi) is 1.92. The van der Waals surface area contributed by atoms with Gasteiger partial charge in [0.1, 0.15) is 0 Å². The van der Waals surface area contributed by atoms with Crippen LogP contribution in [0.4, 0.5) is 0 Å². The second kappa shape index (κ2) is 1.62. The summed E-state index contributed by atoms with van der Waals surface area (Å²) in [7, 11) is 13.1. The average molecular weight is 210 g/mol. The zero-order valence-corrected chi connectivity index (χ0v) is 6.36. The molecule has 0 saturated carbocycles. The first-order chi connectivity index (χ1) is 2.47. The number of rotatable bonds is 0. The Morgan fingerprint density at radius 1 is 1.00 bits per heavy atom. The second-order valence-electron chi connectivity index (χ2n) is 0.818. The third-order valence-electron chi connectivity index (χ3n) is 0.289. The molecular formula is H4Cl3FeN2O. The Bertz CT molecular complexity index is 76.7. The topological polar surface area (TPSA) is 75.4 Å². The van der Waals surface area contributed by atoms with Crippen LogP contribution in [0.3, 0.4) is 0 Å². The quantitative estimate of drug-likeness (QED) is 0.444. The van der Waals surface area contributed by atoms with E-state index in [1.165, 1.54) is 0 Å². The van der Waals surface area contributed by atoms with Crippen LogP contribution in [0, 0.1) is 0 Å². The molecule has 1 heterocycles. The third kappa shape index (κ3) is 2.95. The second-order valence-corrected chi connectivity index (χ2v) is 11.7. The molecule has 0 aromatic heterocycles. The van der Waals surface area contributed by atoms with Crippen molar-refractivity contribution in [3.8, 4) is 0 Å². The molecule has 49 valence electrons. The van der Waals surface area contributed by atoms with E-state index in [1.54, 1.807) is 0 Å². The maximum absolute atomic E-state index is 5.35. The fourth-order valence-corrected chi connectivity index (χ4v) is 1.81. The van der Waals surface area contributed by atoms with Crippen molar-refractivity contribution < 1.29 is 15.0 Å². The van der Waals surface area contributed by atoms with Gasteiger partial charge < -0.3 is 5.48 Å². The predicted octanol–water partition coefficient (Wildman–Crippen LogP) is 0.250. The van der Waals surface area contributed by atoms with Crippen molar-refractivity contribution in [2.75, 3.05) is 0 Å². The van der Waals surface area contributed by atoms with Gasteiger partial charge in [0.15, 0.2) is 0 Å². The zero-order valence-electron chi connectivity index (χ0n) is 2.99. The van der Waals surface area contributed by atoms with Gasteiger partial charge in [0.05, 0.1) is 0 Å². The summed E-state index contributed by atoms with van der Waals surface area (Å²) >= 11 is 0. The third-order valence-corrected chi connectivity index (χ3v) is 2.84. The molecule has 0 radical (unpaired) electrons. The van der Waals surface area contributed by atoms with E-state index < -0.39 is 9.49 Å². The molecule has 3 nitrogen and oxygen atoms in total. The molecule has 0 aromatic rings. The van der Waals surface area contributed by atoms with Crippen LogP contribution in [0.5, 0.6) is 0 Å². The zero-order chi connectivity index (χ0) is 4.86. The van der Waals surface area contributed by atoms with Gasteiger partial charge in [-0.25, -0.2) is 0 Å². The van der Waals surface area contributed by atoms with Crippen molar-refractivity contribution in [1.82, 2.24) is 8.88 Å². The van der Waals surface area contributed by atoms with Crippen molar-refractivity contribution in [3.63, 3.8) is 0 Å². The standard InChI is InChI=1S/3ClH.Fe.H2N2.H2O/c;;;;1-2;/h3*1H;;1-2H;1H2/q;;;+5;-2;/p-3. The number of hydrogen-bond acceptors (Lipinski definition) is 2. The van der Waals surface area contributed by atoms with Gasteiger partial charge in [-0.15, -0.1) is 0 Å². The van der Waals surface area contributed by atoms with Crippen LogP contribution in [0.2, 0.25) is 0 Å². The van der Waals surface area contributed by atoms with Gasteiger partial charge in [0.25, 0.3) is 0 Å². The molecule has 0 amide bonds. The monoisotopic (exact) mass is 209 g/mol. The number of halogens is 3. The minimum atomic E-state index is -2.98. The van der Waals surface area contributed by atoms with E-state index in [0.29, 0.717) is 0 Å². The number of nitrogens with one attached hydrogen (secondary N) is 2. The summed E-state index contributed by atoms with van der Waals surface area (Å²) in [6.07, 6.45) is 0. The average Bonchev–Trinajstić information content (AvgIpc) is 1.73. The molecule has 0 atom stereocenters. The van der Waals surface area contributed by atoms with Gasteiger partial charge in [0.2, 0.25) is 0 Å². The van der Waals surface area contributed by atoms with Gasteiger partial charge in [0, 0.05) is 0 Å². The van der Waals surface area contributed by atoms with Crippen molar-refractivity contribution >= 4 is 30.3 Å². The molecule has 1 aliphatic rings. The molecule has 0 unspecified atom stereocenters. The van der Waals surface area contributed by atoms with E-state index in [2.05, 4.69) is 8.88 Å². The first kappa shape index (κ1) is 8.27. The Hall–Kier alpha value is 1.27. The van der Waals surface area contributed by atoms with Gasteiger partial charge in [-0.1, -0.05) is 0 Å². The first-order valence-electron chi connectivity index (χ1n) is 1.00. The van der Waals surface area contributed by atoms with Gasteiger partial charge >= 0.3 is 48.7 Å². The molecule has 1 aliphatic heterocycles. The molecule has 1 rings (SSSR count). The summed E-state index contributed by atoms with van der Waals surface area (Å²) in [6, 6.07) is 0. The fourth-order valence-electron chi connectivity index (χ4n) is 0.0354. The van der Waals surface area contributed by atoms with Crippen molar-refractivity contribution in [3.05, 3.63) is 0 Å². The van der Waals surface area contributed by atoms with Gasteiger partial charge in [-0.2, -0.15) is 0 Å². The summed E-state index contributed by atoms with van der Waals surface area (Å²) in [6.45, 7) is 0. The minimum absolute atomic E-state index is 0. The number of hydrogen-bond donors (Lipinski definition) is 2. The van der Waals surface area contributed by atoms with Crippen LogP contribution < -0.4 is 8.88 Å². The van der Waals surface area contributed by atoms with Crippen molar-refractivity contribution in [1.29, 1.82) is 0 Å². The fraction of sp³-hybridized carbons (Fsp3) is 0. The molecule has 1 fully saturated rings. The van der Waals surface area contributed by atoms with Gasteiger partial charge in [-0.05, 0) is 0 Å². The summed E-state index contributed by atoms with van der Waals surface area (Å²) in [5.41, 5.74) is 0. The molecule has 7 heavy (non-hydrogen) atoms. The molecule has 7 heteroatoms. The molecule has 4 N–H and O–H groups in total. The van der Waals surface area contributed by atoms with E-state index in [4.69, 9.17) is 30.3 Å². The van der Waals surface area contributed by atoms with E-state index in [9.17, 15) is 0 Å². The van der Waals surface area contributed by atoms with Crippen molar-refractivity contribution in [2.24, 2.45) is 0 Å². The summed E-state index contributed by atoms with van der Waals surface area (Å²) in [4.78, 5) is 0. The van der Waals surface area contributed by atoms with Crippen LogP contribution in [0.1, 0.15) is 0 Å². The Morgan fingerprint density at radius 2 is 1.14 bits per heavy atom. The predicted molar refractivity (Wildman–Crippen MR) is 27.4 cm³/mol. The Morgan fingerprint density at radius 3 is 1.14 bits per heavy atom. The summed E-state index contributed by atoms with van der Waals surface area (Å²) in [5, 5.41) is 0. The van der Waals surface area contributed by atoms with Crippen LogP contribution >= 0.6 is 30.3 Å². The SMILES string of the molecule is O.[Cl][Fe]1([Cl])([Cl])[NH][NH]1. The van der Waals surface area contributed by atoms with Crippen LogP contribution in [-0.2, 0) is 9.49 Å². The molecule has 0 aromatic carbocycles. The normalized spacial score (nSPS) is 36.7. The van der Waals surface area contributed by atoms with Crippen LogP contribution in [-0.4, -0.2) is 5.48 Å². The maximum atomic E-state index is 5.35. The first-order valence-corrected chi connectivity index (χ1v) is 6.67. The van der Waals surface area contributed by atoms with E-state index in [1.807, 2.05) is 0 Å². The molecule has 0 aliphatic carbocycles. The van der Waals surface area contributed by atoms with E-state index in [0.717, 1.165) is 0 Å². The summed E-state index contributed by atoms with van der Waals surface area (Å²) in [5.74, 6) is 0. The van der Waals surface area contributed by atoms with Crippen molar-refractivity contribution in [2.45, 2.75) is 0 Å². The van der Waals surface area contributed by atoms with E-state index in [-0.39, 0.29) is 5.48 Å². The molecular weight excluding hydrogens is 206 g/mol. The number of hydrazine groups is 1. The Balaban J connectivity index is 0.000000360. The van der Waals surface area contributed by atoms with E-state index >= 15 is 0 Å². The molecule has 0 spiro atoms. The molecule has 0 bridgehead atoms. The summed E-state index contributed by atoms with van der Waals surface area (Å²) < 4.78 is 4.88. The van der Waals surface area contributed by atoms with Crippen LogP contribution in [0.15, 0.2) is 0 Å². The van der Waals surface area contributed by atoms with Gasteiger partial charge in [-0.3, -0.25) is 0 Å². The van der Waals surface area contributed by atoms with Crippen LogP contribution in [0.25, 0.3) is 0 Å². The molecule has 1 saturated heterocycles.